The molecule has 5 rings (SSSR count). The van der Waals surface area contributed by atoms with Gasteiger partial charge in [-0.25, -0.2) is 4.79 Å². The highest BCUT2D eigenvalue weighted by Crippen LogP contribution is 2.37. The number of aromatic carboxylic acids is 1. The van der Waals surface area contributed by atoms with Crippen LogP contribution in [0.5, 0.6) is 5.75 Å². The molecule has 7 heteroatoms. The van der Waals surface area contributed by atoms with Gasteiger partial charge < -0.3 is 19.2 Å². The molecule has 3 heterocycles. The van der Waals surface area contributed by atoms with E-state index in [9.17, 15) is 14.7 Å². The number of fused-ring (bicyclic) bond motifs is 2. The van der Waals surface area contributed by atoms with E-state index in [2.05, 4.69) is 4.98 Å². The van der Waals surface area contributed by atoms with Gasteiger partial charge in [-0.05, 0) is 35.2 Å². The molecule has 0 atom stereocenters. The maximum atomic E-state index is 12.8. The molecule has 0 fully saturated rings. The number of methoxy groups -OCH3 is 1. The summed E-state index contributed by atoms with van der Waals surface area (Å²) in [5.74, 6) is -0.436. The Hall–Kier alpha value is -3.84. The Morgan fingerprint density at radius 3 is 2.68 bits per heavy atom. The van der Waals surface area contributed by atoms with Gasteiger partial charge in [0.2, 0.25) is 5.78 Å². The number of carbonyl (C=O) groups excluding carboxylic acids is 1. The van der Waals surface area contributed by atoms with Crippen LogP contribution in [-0.2, 0) is 6.42 Å². The minimum Gasteiger partial charge on any atom is -0.495 e. The number of ketones is 1. The maximum absolute atomic E-state index is 12.8. The standard InChI is InChI=1S/C24H17NO5S/c1-29-19-8-4-6-14-9-16(25-22(14)19)23-21(24(27)28)15(12-31-23)10-17(26)20-11-13-5-2-3-7-18(13)30-20/h2-9,11-12,25H,10H2,1H3,(H,27,28). The summed E-state index contributed by atoms with van der Waals surface area (Å²) in [5.41, 5.74) is 2.68. The Morgan fingerprint density at radius 2 is 1.90 bits per heavy atom. The molecule has 0 aliphatic carbocycles. The number of carboxylic acids is 1. The molecule has 3 aromatic heterocycles. The lowest BCUT2D eigenvalue weighted by atomic mass is 10.0. The van der Waals surface area contributed by atoms with Gasteiger partial charge in [-0.1, -0.05) is 30.3 Å². The molecular weight excluding hydrogens is 414 g/mol. The van der Waals surface area contributed by atoms with Crippen molar-refractivity contribution in [3.63, 3.8) is 0 Å². The van der Waals surface area contributed by atoms with Gasteiger partial charge in [0.05, 0.1) is 28.8 Å². The van der Waals surface area contributed by atoms with Gasteiger partial charge in [-0.2, -0.15) is 0 Å². The van der Waals surface area contributed by atoms with E-state index in [1.165, 1.54) is 11.3 Å². The van der Waals surface area contributed by atoms with Gasteiger partial charge >= 0.3 is 5.97 Å². The molecule has 0 bridgehead atoms. The SMILES string of the molecule is COc1cccc2cc(-c3scc(CC(=O)c4cc5ccccc5o4)c3C(=O)O)[nH]c12. The van der Waals surface area contributed by atoms with Gasteiger partial charge in [-0.3, -0.25) is 4.79 Å². The monoisotopic (exact) mass is 431 g/mol. The fraction of sp³-hybridized carbons (Fsp3) is 0.0833. The zero-order chi connectivity index (χ0) is 21.5. The van der Waals surface area contributed by atoms with E-state index in [0.29, 0.717) is 27.5 Å². The number of nitrogens with one attached hydrogen (secondary N) is 1. The van der Waals surface area contributed by atoms with Crippen molar-refractivity contribution >= 4 is 45.0 Å². The number of hydrogen-bond acceptors (Lipinski definition) is 5. The van der Waals surface area contributed by atoms with Gasteiger partial charge in [-0.15, -0.1) is 11.3 Å². The van der Waals surface area contributed by atoms with Crippen LogP contribution in [0.3, 0.4) is 0 Å². The first kappa shape index (κ1) is 19.1. The van der Waals surface area contributed by atoms with E-state index in [0.717, 1.165) is 16.3 Å². The summed E-state index contributed by atoms with van der Waals surface area (Å²) in [7, 11) is 1.59. The number of ether oxygens (including phenoxy) is 1. The Kier molecular flexibility index (Phi) is 4.60. The zero-order valence-corrected chi connectivity index (χ0v) is 17.3. The van der Waals surface area contributed by atoms with Gasteiger partial charge in [0, 0.05) is 17.2 Å². The Morgan fingerprint density at radius 1 is 1.10 bits per heavy atom. The Balaban J connectivity index is 1.52. The average molecular weight is 431 g/mol. The number of Topliss-reactive ketones (excluding diaryl/α,β-unsaturated/α-hetero) is 1. The Labute approximate surface area is 180 Å². The average Bonchev–Trinajstić information content (AvgIpc) is 3.48. The number of aromatic amines is 1. The molecule has 6 nitrogen and oxygen atoms in total. The number of thiophene rings is 1. The second-order valence-electron chi connectivity index (χ2n) is 7.13. The number of aromatic nitrogens is 1. The number of hydrogen-bond donors (Lipinski definition) is 2. The lowest BCUT2D eigenvalue weighted by Crippen LogP contribution is -2.07. The predicted octanol–water partition coefficient (Wildman–Crippen LogP) is 5.77. The molecule has 0 radical (unpaired) electrons. The Bertz CT molecular complexity index is 1420. The first-order valence-corrected chi connectivity index (χ1v) is 10.4. The summed E-state index contributed by atoms with van der Waals surface area (Å²) >= 11 is 1.29. The molecule has 2 aromatic carbocycles. The molecule has 5 aromatic rings. The molecule has 0 saturated carbocycles. The van der Waals surface area contributed by atoms with Crippen molar-refractivity contribution in [3.05, 3.63) is 76.9 Å². The summed E-state index contributed by atoms with van der Waals surface area (Å²) in [4.78, 5) is 28.8. The minimum atomic E-state index is -1.07. The summed E-state index contributed by atoms with van der Waals surface area (Å²) in [6.07, 6.45) is -0.0541. The number of carbonyl (C=O) groups is 2. The van der Waals surface area contributed by atoms with Crippen LogP contribution in [0, 0.1) is 0 Å². The second kappa shape index (κ2) is 7.45. The third kappa shape index (κ3) is 3.29. The molecular formula is C24H17NO5S. The lowest BCUT2D eigenvalue weighted by Gasteiger charge is -2.02. The topological polar surface area (TPSA) is 92.5 Å². The first-order chi connectivity index (χ1) is 15.0. The van der Waals surface area contributed by atoms with Crippen molar-refractivity contribution in [3.8, 4) is 16.3 Å². The third-order valence-corrected chi connectivity index (χ3v) is 6.28. The van der Waals surface area contributed by atoms with Crippen molar-refractivity contribution in [2.75, 3.05) is 7.11 Å². The van der Waals surface area contributed by atoms with Crippen molar-refractivity contribution in [2.24, 2.45) is 0 Å². The van der Waals surface area contributed by atoms with E-state index in [1.807, 2.05) is 42.5 Å². The maximum Gasteiger partial charge on any atom is 0.337 e. The molecule has 0 spiro atoms. The van der Waals surface area contributed by atoms with Crippen LogP contribution in [0.15, 0.2) is 64.4 Å². The molecule has 0 aliphatic rings. The zero-order valence-electron chi connectivity index (χ0n) is 16.5. The molecule has 2 N–H and O–H groups in total. The molecule has 154 valence electrons. The predicted molar refractivity (Wildman–Crippen MR) is 119 cm³/mol. The highest BCUT2D eigenvalue weighted by atomic mass is 32.1. The van der Waals surface area contributed by atoms with E-state index in [4.69, 9.17) is 9.15 Å². The number of furan rings is 1. The number of carboxylic acid groups (broad SMARTS) is 1. The number of para-hydroxylation sites is 2. The fourth-order valence-electron chi connectivity index (χ4n) is 3.76. The molecule has 0 saturated heterocycles. The van der Waals surface area contributed by atoms with E-state index in [1.54, 1.807) is 24.6 Å². The summed E-state index contributed by atoms with van der Waals surface area (Å²) in [6, 6.07) is 16.6. The van der Waals surface area contributed by atoms with Crippen LogP contribution in [0.2, 0.25) is 0 Å². The van der Waals surface area contributed by atoms with Crippen molar-refractivity contribution < 1.29 is 23.8 Å². The second-order valence-corrected chi connectivity index (χ2v) is 8.01. The highest BCUT2D eigenvalue weighted by Gasteiger charge is 2.24. The molecule has 0 amide bonds. The van der Waals surface area contributed by atoms with Crippen LogP contribution in [-0.4, -0.2) is 29.0 Å². The summed E-state index contributed by atoms with van der Waals surface area (Å²) in [6.45, 7) is 0. The molecule has 0 aliphatic heterocycles. The smallest absolute Gasteiger partial charge is 0.337 e. The molecule has 31 heavy (non-hydrogen) atoms. The third-order valence-electron chi connectivity index (χ3n) is 5.21. The van der Waals surface area contributed by atoms with Crippen LogP contribution in [0.4, 0.5) is 0 Å². The van der Waals surface area contributed by atoms with Crippen LogP contribution in [0.1, 0.15) is 26.5 Å². The van der Waals surface area contributed by atoms with Crippen molar-refractivity contribution in [1.29, 1.82) is 0 Å². The van der Waals surface area contributed by atoms with Gasteiger partial charge in [0.15, 0.2) is 5.76 Å². The van der Waals surface area contributed by atoms with Crippen molar-refractivity contribution in [2.45, 2.75) is 6.42 Å². The van der Waals surface area contributed by atoms with Crippen LogP contribution < -0.4 is 4.74 Å². The summed E-state index contributed by atoms with van der Waals surface area (Å²) in [5, 5.41) is 13.4. The highest BCUT2D eigenvalue weighted by molar-refractivity contribution is 7.14. The van der Waals surface area contributed by atoms with E-state index >= 15 is 0 Å². The van der Waals surface area contributed by atoms with E-state index < -0.39 is 5.97 Å². The van der Waals surface area contributed by atoms with Crippen LogP contribution >= 0.6 is 11.3 Å². The summed E-state index contributed by atoms with van der Waals surface area (Å²) < 4.78 is 11.0. The van der Waals surface area contributed by atoms with E-state index in [-0.39, 0.29) is 23.5 Å². The molecule has 0 unspecified atom stereocenters. The van der Waals surface area contributed by atoms with Crippen molar-refractivity contribution in [1.82, 2.24) is 4.98 Å². The number of H-pyrrole nitrogens is 1. The minimum absolute atomic E-state index is 0.0541. The first-order valence-electron chi connectivity index (χ1n) is 9.56. The quantitative estimate of drug-likeness (QED) is 0.333. The van der Waals surface area contributed by atoms with Gasteiger partial charge in [0.25, 0.3) is 0 Å². The normalized spacial score (nSPS) is 11.3. The van der Waals surface area contributed by atoms with Gasteiger partial charge in [0.1, 0.15) is 11.3 Å². The largest absolute Gasteiger partial charge is 0.495 e. The lowest BCUT2D eigenvalue weighted by molar-refractivity contribution is 0.0697. The fourth-order valence-corrected chi connectivity index (χ4v) is 4.79. The van der Waals surface area contributed by atoms with Crippen LogP contribution in [0.25, 0.3) is 32.4 Å². The number of benzene rings is 2. The number of rotatable bonds is 6.